The molecule has 3 heterocycles. The van der Waals surface area contributed by atoms with Gasteiger partial charge in [-0.1, -0.05) is 41.1 Å². The fraction of sp³-hybridized carbons (Fsp3) is 0.125. The van der Waals surface area contributed by atoms with Crippen LogP contribution in [0.1, 0.15) is 33.5 Å². The quantitative estimate of drug-likeness (QED) is 0.378. The molecule has 5 rings (SSSR count). The zero-order chi connectivity index (χ0) is 22.6. The van der Waals surface area contributed by atoms with Crippen LogP contribution in [-0.4, -0.2) is 21.8 Å². The summed E-state index contributed by atoms with van der Waals surface area (Å²) < 4.78 is 6.39. The molecule has 1 atom stereocenters. The maximum absolute atomic E-state index is 13.3. The Morgan fingerprint density at radius 3 is 2.69 bits per heavy atom. The van der Waals surface area contributed by atoms with Crippen molar-refractivity contribution in [3.63, 3.8) is 0 Å². The van der Waals surface area contributed by atoms with Gasteiger partial charge >= 0.3 is 0 Å². The first kappa shape index (κ1) is 20.5. The molecule has 6 nitrogen and oxygen atoms in total. The summed E-state index contributed by atoms with van der Waals surface area (Å²) in [5, 5.41) is 11.6. The number of hydrogen-bond donors (Lipinski definition) is 1. The number of Topliss-reactive ketones (excluding diaryl/α,β-unsaturated/α-hetero) is 1. The number of nitrogens with zero attached hydrogens (tertiary/aromatic N) is 2. The molecular formula is C24H17ClN2O4S. The molecule has 0 spiro atoms. The second kappa shape index (κ2) is 7.62. The molecule has 1 aliphatic heterocycles. The lowest BCUT2D eigenvalue weighted by Gasteiger charge is -2.24. The van der Waals surface area contributed by atoms with Crippen LogP contribution in [0.25, 0.3) is 10.2 Å². The highest BCUT2D eigenvalue weighted by molar-refractivity contribution is 7.22. The molecular weight excluding hydrogens is 448 g/mol. The minimum Gasteiger partial charge on any atom is -0.503 e. The number of benzene rings is 2. The van der Waals surface area contributed by atoms with Crippen molar-refractivity contribution in [3.05, 3.63) is 93.6 Å². The average Bonchev–Trinajstić information content (AvgIpc) is 3.44. The zero-order valence-corrected chi connectivity index (χ0v) is 18.7. The Kier molecular flexibility index (Phi) is 4.87. The molecule has 0 saturated carbocycles. The van der Waals surface area contributed by atoms with Crippen molar-refractivity contribution in [3.8, 4) is 0 Å². The molecule has 0 fully saturated rings. The number of aryl methyl sites for hydroxylation is 2. The van der Waals surface area contributed by atoms with Gasteiger partial charge in [-0.05, 0) is 61.4 Å². The van der Waals surface area contributed by atoms with Gasteiger partial charge < -0.3 is 9.52 Å². The van der Waals surface area contributed by atoms with Gasteiger partial charge in [0.05, 0.1) is 21.8 Å². The fourth-order valence-electron chi connectivity index (χ4n) is 3.84. The molecule has 0 bridgehead atoms. The van der Waals surface area contributed by atoms with Gasteiger partial charge in [0, 0.05) is 5.02 Å². The Labute approximate surface area is 192 Å². The van der Waals surface area contributed by atoms with Crippen LogP contribution < -0.4 is 4.90 Å². The molecule has 0 saturated heterocycles. The van der Waals surface area contributed by atoms with Crippen LogP contribution in [0.5, 0.6) is 0 Å². The standard InChI is InChI=1S/C24H17ClN2O4S/c1-12-6-8-16-18(10-12)32-24(26-16)27-20(14-4-3-5-15(25)11-14)19(22(29)23(27)30)21(28)17-9-7-13(2)31-17/h3-11,20,29H,1-2H3. The van der Waals surface area contributed by atoms with Crippen molar-refractivity contribution in [2.45, 2.75) is 19.9 Å². The van der Waals surface area contributed by atoms with Crippen molar-refractivity contribution in [2.24, 2.45) is 0 Å². The smallest absolute Gasteiger partial charge is 0.296 e. The molecule has 2 aromatic carbocycles. The van der Waals surface area contributed by atoms with Crippen LogP contribution in [0.15, 0.2) is 70.3 Å². The number of amides is 1. The Morgan fingerprint density at radius 1 is 1.16 bits per heavy atom. The number of aliphatic hydroxyl groups is 1. The summed E-state index contributed by atoms with van der Waals surface area (Å²) >= 11 is 7.54. The van der Waals surface area contributed by atoms with E-state index in [9.17, 15) is 14.7 Å². The van der Waals surface area contributed by atoms with Crippen molar-refractivity contribution < 1.29 is 19.1 Å². The summed E-state index contributed by atoms with van der Waals surface area (Å²) in [6.07, 6.45) is 0. The molecule has 2 aromatic heterocycles. The molecule has 32 heavy (non-hydrogen) atoms. The molecule has 160 valence electrons. The molecule has 0 radical (unpaired) electrons. The number of anilines is 1. The zero-order valence-electron chi connectivity index (χ0n) is 17.1. The fourth-order valence-corrected chi connectivity index (χ4v) is 5.13. The van der Waals surface area contributed by atoms with E-state index in [0.717, 1.165) is 15.8 Å². The maximum Gasteiger partial charge on any atom is 0.296 e. The number of aliphatic hydroxyl groups excluding tert-OH is 1. The first-order chi connectivity index (χ1) is 15.3. The number of carbonyl (C=O) groups is 2. The molecule has 0 aliphatic carbocycles. The van der Waals surface area contributed by atoms with Crippen LogP contribution in [-0.2, 0) is 4.79 Å². The summed E-state index contributed by atoms with van der Waals surface area (Å²) in [6.45, 7) is 3.69. The van der Waals surface area contributed by atoms with E-state index in [2.05, 4.69) is 4.98 Å². The van der Waals surface area contributed by atoms with Crippen LogP contribution in [0.4, 0.5) is 5.13 Å². The SMILES string of the molecule is Cc1ccc2nc(N3C(=O)C(O)=C(C(=O)c4ccc(C)o4)C3c3cccc(Cl)c3)sc2c1. The number of halogens is 1. The maximum atomic E-state index is 13.3. The van der Waals surface area contributed by atoms with E-state index < -0.39 is 23.5 Å². The lowest BCUT2D eigenvalue weighted by atomic mass is 9.95. The summed E-state index contributed by atoms with van der Waals surface area (Å²) in [6, 6.07) is 14.9. The summed E-state index contributed by atoms with van der Waals surface area (Å²) in [5.74, 6) is -1.28. The number of rotatable bonds is 4. The van der Waals surface area contributed by atoms with E-state index in [1.165, 1.54) is 22.3 Å². The Balaban J connectivity index is 1.69. The third-order valence-electron chi connectivity index (χ3n) is 5.32. The molecule has 4 aromatic rings. The van der Waals surface area contributed by atoms with Gasteiger partial charge in [0.15, 0.2) is 16.7 Å². The Bertz CT molecular complexity index is 1430. The summed E-state index contributed by atoms with van der Waals surface area (Å²) in [7, 11) is 0. The molecule has 1 unspecified atom stereocenters. The van der Waals surface area contributed by atoms with E-state index >= 15 is 0 Å². The summed E-state index contributed by atoms with van der Waals surface area (Å²) in [5.41, 5.74) is 2.31. The second-order valence-electron chi connectivity index (χ2n) is 7.60. The highest BCUT2D eigenvalue weighted by Gasteiger charge is 2.46. The lowest BCUT2D eigenvalue weighted by Crippen LogP contribution is -2.30. The molecule has 1 N–H and O–H groups in total. The normalized spacial score (nSPS) is 16.4. The second-order valence-corrected chi connectivity index (χ2v) is 9.05. The van der Waals surface area contributed by atoms with Gasteiger partial charge in [0.1, 0.15) is 5.76 Å². The number of fused-ring (bicyclic) bond motifs is 1. The van der Waals surface area contributed by atoms with Crippen LogP contribution in [0.3, 0.4) is 0 Å². The number of ketones is 1. The van der Waals surface area contributed by atoms with E-state index in [4.69, 9.17) is 16.0 Å². The minimum atomic E-state index is -0.902. The third kappa shape index (κ3) is 3.30. The minimum absolute atomic E-state index is 0.0469. The molecule has 8 heteroatoms. The van der Waals surface area contributed by atoms with Gasteiger partial charge in [-0.3, -0.25) is 14.5 Å². The largest absolute Gasteiger partial charge is 0.503 e. The van der Waals surface area contributed by atoms with Crippen LogP contribution in [0.2, 0.25) is 5.02 Å². The number of thiazole rings is 1. The highest BCUT2D eigenvalue weighted by Crippen LogP contribution is 2.44. The first-order valence-corrected chi connectivity index (χ1v) is 11.0. The van der Waals surface area contributed by atoms with Gasteiger partial charge in [0.25, 0.3) is 5.91 Å². The van der Waals surface area contributed by atoms with Crippen LogP contribution in [0, 0.1) is 13.8 Å². The molecule has 1 amide bonds. The van der Waals surface area contributed by atoms with Gasteiger partial charge in [-0.25, -0.2) is 4.98 Å². The average molecular weight is 465 g/mol. The highest BCUT2D eigenvalue weighted by atomic mass is 35.5. The van der Waals surface area contributed by atoms with E-state index in [-0.39, 0.29) is 11.3 Å². The molecule has 1 aliphatic rings. The van der Waals surface area contributed by atoms with Crippen molar-refractivity contribution >= 4 is 50.0 Å². The third-order valence-corrected chi connectivity index (χ3v) is 6.57. The topological polar surface area (TPSA) is 83.6 Å². The monoisotopic (exact) mass is 464 g/mol. The van der Waals surface area contributed by atoms with Crippen LogP contribution >= 0.6 is 22.9 Å². The van der Waals surface area contributed by atoms with Gasteiger partial charge in [-0.15, -0.1) is 0 Å². The van der Waals surface area contributed by atoms with Gasteiger partial charge in [0.2, 0.25) is 5.78 Å². The van der Waals surface area contributed by atoms with E-state index in [0.29, 0.717) is 21.5 Å². The van der Waals surface area contributed by atoms with E-state index in [1.807, 2.05) is 25.1 Å². The number of aromatic nitrogens is 1. The van der Waals surface area contributed by atoms with Crippen molar-refractivity contribution in [1.29, 1.82) is 0 Å². The number of hydrogen-bond acceptors (Lipinski definition) is 6. The van der Waals surface area contributed by atoms with E-state index in [1.54, 1.807) is 37.3 Å². The lowest BCUT2D eigenvalue weighted by molar-refractivity contribution is -0.117. The van der Waals surface area contributed by atoms with Crippen molar-refractivity contribution in [2.75, 3.05) is 4.90 Å². The Morgan fingerprint density at radius 2 is 1.97 bits per heavy atom. The van der Waals surface area contributed by atoms with Crippen molar-refractivity contribution in [1.82, 2.24) is 4.98 Å². The predicted octanol–water partition coefficient (Wildman–Crippen LogP) is 5.94. The van der Waals surface area contributed by atoms with Gasteiger partial charge in [-0.2, -0.15) is 0 Å². The first-order valence-electron chi connectivity index (χ1n) is 9.84. The number of carbonyl (C=O) groups excluding carboxylic acids is 2. The number of furan rings is 1. The predicted molar refractivity (Wildman–Crippen MR) is 123 cm³/mol. The Hall–Kier alpha value is -3.42. The summed E-state index contributed by atoms with van der Waals surface area (Å²) in [4.78, 5) is 32.5.